The Morgan fingerprint density at radius 2 is 2.18 bits per heavy atom. The molecule has 1 aromatic heterocycles. The molecule has 0 bridgehead atoms. The zero-order valence-electron chi connectivity index (χ0n) is 6.50. The van der Waals surface area contributed by atoms with Crippen molar-refractivity contribution < 1.29 is 4.21 Å². The van der Waals surface area contributed by atoms with E-state index in [-0.39, 0.29) is 0 Å². The Hall–Kier alpha value is -0.900. The molecular weight excluding hydrogens is 160 g/mol. The molecule has 2 N–H and O–H groups in total. The normalized spacial score (nSPS) is 12.9. The maximum atomic E-state index is 10.9. The average Bonchev–Trinajstić information content (AvgIpc) is 1.94. The molecule has 0 spiro atoms. The van der Waals surface area contributed by atoms with Crippen LogP contribution in [-0.4, -0.2) is 15.4 Å². The third-order valence-electron chi connectivity index (χ3n) is 1.40. The van der Waals surface area contributed by atoms with Crippen LogP contribution in [0.5, 0.6) is 0 Å². The number of aryl methyl sites for hydroxylation is 1. The molecular formula is C7H10N2OS. The molecule has 11 heavy (non-hydrogen) atoms. The molecule has 60 valence electrons. The van der Waals surface area contributed by atoms with Gasteiger partial charge in [-0.1, -0.05) is 0 Å². The summed E-state index contributed by atoms with van der Waals surface area (Å²) in [5.74, 6) is 0. The van der Waals surface area contributed by atoms with Crippen molar-refractivity contribution in [3.8, 4) is 0 Å². The first-order valence-electron chi connectivity index (χ1n) is 3.18. The van der Waals surface area contributed by atoms with Crippen LogP contribution in [0.15, 0.2) is 17.2 Å². The molecule has 0 radical (unpaired) electrons. The van der Waals surface area contributed by atoms with Crippen LogP contribution in [0.2, 0.25) is 0 Å². The van der Waals surface area contributed by atoms with Gasteiger partial charge in [0.05, 0.1) is 22.2 Å². The summed E-state index contributed by atoms with van der Waals surface area (Å²) in [7, 11) is -1.01. The largest absolute Gasteiger partial charge is 0.397 e. The topological polar surface area (TPSA) is 56.0 Å². The lowest BCUT2D eigenvalue weighted by Gasteiger charge is -1.99. The van der Waals surface area contributed by atoms with Crippen LogP contribution in [0.25, 0.3) is 0 Å². The number of rotatable bonds is 1. The van der Waals surface area contributed by atoms with Gasteiger partial charge in [0.25, 0.3) is 0 Å². The minimum absolute atomic E-state index is 0.580. The Balaban J connectivity index is 3.15. The second kappa shape index (κ2) is 3.00. The van der Waals surface area contributed by atoms with Gasteiger partial charge < -0.3 is 5.73 Å². The third-order valence-corrected chi connectivity index (χ3v) is 2.21. The number of nitrogens with zero attached hydrogens (tertiary/aromatic N) is 1. The summed E-state index contributed by atoms with van der Waals surface area (Å²) < 4.78 is 10.9. The number of pyridine rings is 1. The Bertz CT molecular complexity index is 298. The van der Waals surface area contributed by atoms with Crippen molar-refractivity contribution in [1.82, 2.24) is 4.98 Å². The molecule has 1 heterocycles. The molecule has 0 aliphatic carbocycles. The van der Waals surface area contributed by atoms with Crippen molar-refractivity contribution in [2.24, 2.45) is 0 Å². The van der Waals surface area contributed by atoms with E-state index in [4.69, 9.17) is 5.73 Å². The minimum Gasteiger partial charge on any atom is -0.397 e. The van der Waals surface area contributed by atoms with E-state index in [2.05, 4.69) is 4.98 Å². The lowest BCUT2D eigenvalue weighted by atomic mass is 10.3. The number of nitrogens with two attached hydrogens (primary N) is 1. The Morgan fingerprint density at radius 1 is 1.55 bits per heavy atom. The first-order chi connectivity index (χ1) is 5.11. The predicted molar refractivity (Wildman–Crippen MR) is 45.7 cm³/mol. The zero-order chi connectivity index (χ0) is 8.43. The van der Waals surface area contributed by atoms with Crippen LogP contribution in [0.4, 0.5) is 5.69 Å². The smallest absolute Gasteiger partial charge is 0.127 e. The van der Waals surface area contributed by atoms with E-state index in [0.29, 0.717) is 10.7 Å². The molecule has 0 saturated heterocycles. The molecule has 0 aliphatic rings. The van der Waals surface area contributed by atoms with Crippen molar-refractivity contribution >= 4 is 16.5 Å². The third kappa shape index (κ3) is 1.77. The average molecular weight is 170 g/mol. The number of aromatic nitrogens is 1. The highest BCUT2D eigenvalue weighted by molar-refractivity contribution is 7.84. The van der Waals surface area contributed by atoms with Crippen molar-refractivity contribution in [2.75, 3.05) is 12.0 Å². The van der Waals surface area contributed by atoms with Crippen molar-refractivity contribution in [1.29, 1.82) is 0 Å². The number of hydrogen-bond donors (Lipinski definition) is 1. The lowest BCUT2D eigenvalue weighted by molar-refractivity contribution is 0.684. The molecule has 4 heteroatoms. The summed E-state index contributed by atoms with van der Waals surface area (Å²) in [5, 5.41) is 0.580. The fourth-order valence-corrected chi connectivity index (χ4v) is 1.23. The lowest BCUT2D eigenvalue weighted by Crippen LogP contribution is -1.97. The van der Waals surface area contributed by atoms with Crippen LogP contribution in [-0.2, 0) is 10.8 Å². The summed E-state index contributed by atoms with van der Waals surface area (Å²) >= 11 is 0. The molecule has 0 aliphatic heterocycles. The number of nitrogen functional groups attached to an aromatic ring is 1. The van der Waals surface area contributed by atoms with Crippen molar-refractivity contribution in [3.05, 3.63) is 17.8 Å². The van der Waals surface area contributed by atoms with E-state index in [9.17, 15) is 4.21 Å². The molecule has 0 amide bonds. The van der Waals surface area contributed by atoms with Crippen LogP contribution in [0.1, 0.15) is 5.69 Å². The van der Waals surface area contributed by atoms with Crippen LogP contribution >= 0.6 is 0 Å². The molecule has 0 aromatic carbocycles. The molecule has 1 atom stereocenters. The quantitative estimate of drug-likeness (QED) is 0.675. The maximum Gasteiger partial charge on any atom is 0.127 e. The maximum absolute atomic E-state index is 10.9. The van der Waals surface area contributed by atoms with Gasteiger partial charge in [0, 0.05) is 6.26 Å². The highest BCUT2D eigenvalue weighted by atomic mass is 32.2. The SMILES string of the molecule is Cc1nc(S(C)=O)ccc1N. The molecule has 3 nitrogen and oxygen atoms in total. The van der Waals surface area contributed by atoms with Crippen LogP contribution in [0, 0.1) is 6.92 Å². The summed E-state index contributed by atoms with van der Waals surface area (Å²) in [6, 6.07) is 3.40. The van der Waals surface area contributed by atoms with Gasteiger partial charge in [-0.15, -0.1) is 0 Å². The van der Waals surface area contributed by atoms with Gasteiger partial charge >= 0.3 is 0 Å². The zero-order valence-corrected chi connectivity index (χ0v) is 7.31. The van der Waals surface area contributed by atoms with Crippen LogP contribution < -0.4 is 5.73 Å². The van der Waals surface area contributed by atoms with Gasteiger partial charge in [0.2, 0.25) is 0 Å². The fraction of sp³-hybridized carbons (Fsp3) is 0.286. The monoisotopic (exact) mass is 170 g/mol. The fourth-order valence-electron chi connectivity index (χ4n) is 0.709. The first-order valence-corrected chi connectivity index (χ1v) is 4.73. The standard InChI is InChI=1S/C7H10N2OS/c1-5-6(8)3-4-7(9-5)11(2)10/h3-4H,8H2,1-2H3. The van der Waals surface area contributed by atoms with Crippen molar-refractivity contribution in [2.45, 2.75) is 11.9 Å². The van der Waals surface area contributed by atoms with Gasteiger partial charge in [0.15, 0.2) is 0 Å². The molecule has 1 rings (SSSR count). The Kier molecular flexibility index (Phi) is 2.24. The van der Waals surface area contributed by atoms with E-state index in [1.165, 1.54) is 0 Å². The molecule has 1 unspecified atom stereocenters. The number of hydrogen-bond acceptors (Lipinski definition) is 3. The van der Waals surface area contributed by atoms with Crippen molar-refractivity contribution in [3.63, 3.8) is 0 Å². The van der Waals surface area contributed by atoms with E-state index < -0.39 is 10.8 Å². The highest BCUT2D eigenvalue weighted by Crippen LogP contribution is 2.09. The molecule has 1 aromatic rings. The van der Waals surface area contributed by atoms with Gasteiger partial charge in [-0.3, -0.25) is 4.21 Å². The molecule has 0 fully saturated rings. The van der Waals surface area contributed by atoms with Gasteiger partial charge in [-0.2, -0.15) is 0 Å². The van der Waals surface area contributed by atoms with Gasteiger partial charge in [-0.05, 0) is 19.1 Å². The van der Waals surface area contributed by atoms with Gasteiger partial charge in [0.1, 0.15) is 5.03 Å². The van der Waals surface area contributed by atoms with E-state index in [1.54, 1.807) is 25.3 Å². The summed E-state index contributed by atoms with van der Waals surface area (Å²) in [4.78, 5) is 4.05. The second-order valence-electron chi connectivity index (χ2n) is 2.28. The predicted octanol–water partition coefficient (Wildman–Crippen LogP) is 0.710. The minimum atomic E-state index is -1.01. The Labute approximate surface area is 68.1 Å². The summed E-state index contributed by atoms with van der Waals surface area (Å²) in [6.07, 6.45) is 1.60. The first kappa shape index (κ1) is 8.20. The van der Waals surface area contributed by atoms with Gasteiger partial charge in [-0.25, -0.2) is 4.98 Å². The van der Waals surface area contributed by atoms with E-state index in [1.807, 2.05) is 0 Å². The highest BCUT2D eigenvalue weighted by Gasteiger charge is 2.00. The molecule has 0 saturated carbocycles. The van der Waals surface area contributed by atoms with Crippen LogP contribution in [0.3, 0.4) is 0 Å². The van der Waals surface area contributed by atoms with E-state index >= 15 is 0 Å². The Morgan fingerprint density at radius 3 is 2.64 bits per heavy atom. The van der Waals surface area contributed by atoms with E-state index in [0.717, 1.165) is 5.69 Å². The summed E-state index contributed by atoms with van der Waals surface area (Å²) in [6.45, 7) is 1.80. The second-order valence-corrected chi connectivity index (χ2v) is 3.60. The summed E-state index contributed by atoms with van der Waals surface area (Å²) in [5.41, 5.74) is 6.90. The number of anilines is 1.